The van der Waals surface area contributed by atoms with Gasteiger partial charge in [0.2, 0.25) is 0 Å². The van der Waals surface area contributed by atoms with Crippen LogP contribution in [0.25, 0.3) is 0 Å². The number of aryl methyl sites for hydroxylation is 2. The summed E-state index contributed by atoms with van der Waals surface area (Å²) in [6.45, 7) is 8.04. The van der Waals surface area contributed by atoms with Crippen molar-refractivity contribution < 1.29 is 4.79 Å². The molecule has 0 radical (unpaired) electrons. The second-order valence-corrected chi connectivity index (χ2v) is 3.90. The molecular weight excluding hydrogens is 172 g/mol. The van der Waals surface area contributed by atoms with Gasteiger partial charge in [0, 0.05) is 12.3 Å². The molecule has 0 bridgehead atoms. The van der Waals surface area contributed by atoms with Gasteiger partial charge in [-0.05, 0) is 25.0 Å². The van der Waals surface area contributed by atoms with Crippen LogP contribution in [-0.2, 0) is 4.79 Å². The molecule has 1 heteroatoms. The Balaban J connectivity index is 3.05. The molecule has 14 heavy (non-hydrogen) atoms. The van der Waals surface area contributed by atoms with Crippen molar-refractivity contribution in [1.82, 2.24) is 0 Å². The Hall–Kier alpha value is -1.11. The smallest absolute Gasteiger partial charge is 0.139 e. The number of ketones is 1. The van der Waals surface area contributed by atoms with Crippen molar-refractivity contribution in [2.75, 3.05) is 0 Å². The third-order valence-electron chi connectivity index (χ3n) is 2.73. The zero-order valence-corrected chi connectivity index (χ0v) is 9.42. The van der Waals surface area contributed by atoms with Crippen LogP contribution in [0.2, 0.25) is 0 Å². The maximum atomic E-state index is 11.6. The number of carbonyl (C=O) groups excluding carboxylic acids is 1. The molecule has 0 aliphatic heterocycles. The van der Waals surface area contributed by atoms with Gasteiger partial charge < -0.3 is 0 Å². The fourth-order valence-electron chi connectivity index (χ4n) is 1.71. The van der Waals surface area contributed by atoms with Crippen molar-refractivity contribution in [3.8, 4) is 0 Å². The van der Waals surface area contributed by atoms with Gasteiger partial charge in [-0.25, -0.2) is 0 Å². The number of Topliss-reactive ketones (excluding diaryl/α,β-unsaturated/α-hetero) is 1. The monoisotopic (exact) mass is 190 g/mol. The lowest BCUT2D eigenvalue weighted by Crippen LogP contribution is -2.09. The Kier molecular flexibility index (Phi) is 3.45. The maximum Gasteiger partial charge on any atom is 0.139 e. The molecule has 1 nitrogen and oxygen atoms in total. The van der Waals surface area contributed by atoms with E-state index < -0.39 is 0 Å². The van der Waals surface area contributed by atoms with Gasteiger partial charge in [-0.1, -0.05) is 37.6 Å². The molecule has 0 spiro atoms. The molecule has 1 rings (SSSR count). The van der Waals surface area contributed by atoms with E-state index in [1.807, 2.05) is 13.8 Å². The standard InChI is InChI=1S/C13H18O/c1-5-13(14)11(4)12-8-9(2)6-7-10(12)3/h6-8,11H,5H2,1-4H3. The molecule has 1 aromatic carbocycles. The molecule has 1 atom stereocenters. The van der Waals surface area contributed by atoms with Crippen LogP contribution >= 0.6 is 0 Å². The van der Waals surface area contributed by atoms with Gasteiger partial charge in [0.1, 0.15) is 5.78 Å². The molecule has 0 aliphatic rings. The minimum absolute atomic E-state index is 0.0416. The van der Waals surface area contributed by atoms with Gasteiger partial charge in [0.15, 0.2) is 0 Å². The van der Waals surface area contributed by atoms with Crippen molar-refractivity contribution in [2.24, 2.45) is 0 Å². The topological polar surface area (TPSA) is 17.1 Å². The summed E-state index contributed by atoms with van der Waals surface area (Å²) in [6, 6.07) is 6.29. The zero-order chi connectivity index (χ0) is 10.7. The van der Waals surface area contributed by atoms with Crippen LogP contribution < -0.4 is 0 Å². The van der Waals surface area contributed by atoms with E-state index in [0.717, 1.165) is 0 Å². The molecule has 1 aromatic rings. The van der Waals surface area contributed by atoms with Gasteiger partial charge >= 0.3 is 0 Å². The fraction of sp³-hybridized carbons (Fsp3) is 0.462. The summed E-state index contributed by atoms with van der Waals surface area (Å²) in [6.07, 6.45) is 0.620. The average Bonchev–Trinajstić information content (AvgIpc) is 2.19. The Morgan fingerprint density at radius 2 is 2.00 bits per heavy atom. The predicted octanol–water partition coefficient (Wildman–Crippen LogP) is 3.39. The predicted molar refractivity (Wildman–Crippen MR) is 59.6 cm³/mol. The van der Waals surface area contributed by atoms with Gasteiger partial charge in [-0.2, -0.15) is 0 Å². The first kappa shape index (κ1) is 11.0. The van der Waals surface area contributed by atoms with Crippen molar-refractivity contribution in [3.63, 3.8) is 0 Å². The van der Waals surface area contributed by atoms with Crippen molar-refractivity contribution in [1.29, 1.82) is 0 Å². The third kappa shape index (κ3) is 2.22. The summed E-state index contributed by atoms with van der Waals surface area (Å²) >= 11 is 0. The van der Waals surface area contributed by atoms with E-state index in [9.17, 15) is 4.79 Å². The third-order valence-corrected chi connectivity index (χ3v) is 2.73. The Bertz CT molecular complexity index is 339. The van der Waals surface area contributed by atoms with Crippen LogP contribution in [0.3, 0.4) is 0 Å². The zero-order valence-electron chi connectivity index (χ0n) is 9.42. The van der Waals surface area contributed by atoms with Gasteiger partial charge in [-0.3, -0.25) is 4.79 Å². The lowest BCUT2D eigenvalue weighted by Gasteiger charge is -2.13. The van der Waals surface area contributed by atoms with Crippen LogP contribution in [-0.4, -0.2) is 5.78 Å². The van der Waals surface area contributed by atoms with Crippen LogP contribution in [0.1, 0.15) is 42.9 Å². The second-order valence-electron chi connectivity index (χ2n) is 3.90. The first-order valence-electron chi connectivity index (χ1n) is 5.16. The summed E-state index contributed by atoms with van der Waals surface area (Å²) in [7, 11) is 0. The molecule has 0 amide bonds. The number of hydrogen-bond donors (Lipinski definition) is 0. The molecule has 0 aromatic heterocycles. The molecule has 0 N–H and O–H groups in total. The molecule has 0 saturated heterocycles. The van der Waals surface area contributed by atoms with E-state index in [1.165, 1.54) is 16.7 Å². The highest BCUT2D eigenvalue weighted by Gasteiger charge is 2.14. The first-order chi connectivity index (χ1) is 6.56. The Morgan fingerprint density at radius 3 is 2.57 bits per heavy atom. The van der Waals surface area contributed by atoms with Crippen LogP contribution in [0.4, 0.5) is 0 Å². The minimum Gasteiger partial charge on any atom is -0.299 e. The van der Waals surface area contributed by atoms with E-state index >= 15 is 0 Å². The summed E-state index contributed by atoms with van der Waals surface area (Å²) in [4.78, 5) is 11.6. The molecule has 0 fully saturated rings. The highest BCUT2D eigenvalue weighted by Crippen LogP contribution is 2.22. The van der Waals surface area contributed by atoms with Crippen molar-refractivity contribution in [2.45, 2.75) is 40.0 Å². The number of carbonyl (C=O) groups is 1. The number of rotatable bonds is 3. The highest BCUT2D eigenvalue weighted by atomic mass is 16.1. The Labute approximate surface area is 86.1 Å². The average molecular weight is 190 g/mol. The summed E-state index contributed by atoms with van der Waals surface area (Å²) in [5.74, 6) is 0.360. The van der Waals surface area contributed by atoms with Crippen molar-refractivity contribution >= 4 is 5.78 Å². The number of hydrogen-bond acceptors (Lipinski definition) is 1. The summed E-state index contributed by atoms with van der Waals surface area (Å²) in [5, 5.41) is 0. The lowest BCUT2D eigenvalue weighted by atomic mass is 9.90. The fourth-order valence-corrected chi connectivity index (χ4v) is 1.71. The molecule has 0 aliphatic carbocycles. The largest absolute Gasteiger partial charge is 0.299 e. The molecule has 76 valence electrons. The van der Waals surface area contributed by atoms with E-state index in [2.05, 4.69) is 32.0 Å². The Morgan fingerprint density at radius 1 is 1.36 bits per heavy atom. The molecule has 1 unspecified atom stereocenters. The highest BCUT2D eigenvalue weighted by molar-refractivity contribution is 5.85. The van der Waals surface area contributed by atoms with Gasteiger partial charge in [-0.15, -0.1) is 0 Å². The van der Waals surface area contributed by atoms with Crippen molar-refractivity contribution in [3.05, 3.63) is 34.9 Å². The maximum absolute atomic E-state index is 11.6. The summed E-state index contributed by atoms with van der Waals surface area (Å²) < 4.78 is 0. The normalized spacial score (nSPS) is 12.6. The first-order valence-corrected chi connectivity index (χ1v) is 5.16. The van der Waals surface area contributed by atoms with Crippen LogP contribution in [0.5, 0.6) is 0 Å². The second kappa shape index (κ2) is 4.41. The quantitative estimate of drug-likeness (QED) is 0.714. The van der Waals surface area contributed by atoms with Crippen LogP contribution in [0.15, 0.2) is 18.2 Å². The van der Waals surface area contributed by atoms with Gasteiger partial charge in [0.25, 0.3) is 0 Å². The van der Waals surface area contributed by atoms with E-state index in [0.29, 0.717) is 12.2 Å². The molecule has 0 heterocycles. The SMILES string of the molecule is CCC(=O)C(C)c1cc(C)ccc1C. The molecule has 0 saturated carbocycles. The number of benzene rings is 1. The van der Waals surface area contributed by atoms with E-state index in [4.69, 9.17) is 0 Å². The van der Waals surface area contributed by atoms with E-state index in [-0.39, 0.29) is 5.92 Å². The van der Waals surface area contributed by atoms with Crippen LogP contribution in [0, 0.1) is 13.8 Å². The summed E-state index contributed by atoms with van der Waals surface area (Å²) in [5.41, 5.74) is 3.61. The lowest BCUT2D eigenvalue weighted by molar-refractivity contribution is -0.119. The molecular formula is C13H18O. The van der Waals surface area contributed by atoms with E-state index in [1.54, 1.807) is 0 Å². The van der Waals surface area contributed by atoms with Gasteiger partial charge in [0.05, 0.1) is 0 Å². The minimum atomic E-state index is 0.0416.